The summed E-state index contributed by atoms with van der Waals surface area (Å²) in [6, 6.07) is 0. The molecule has 13 heavy (non-hydrogen) atoms. The van der Waals surface area contributed by atoms with Crippen LogP contribution in [0.2, 0.25) is 10.6 Å². The number of aliphatic hydroxyl groups excluding tert-OH is 1. The van der Waals surface area contributed by atoms with E-state index in [1.165, 1.54) is 10.6 Å². The van der Waals surface area contributed by atoms with Gasteiger partial charge in [-0.1, -0.05) is 39.5 Å². The Morgan fingerprint density at radius 3 is 1.23 bits per heavy atom. The fourth-order valence-electron chi connectivity index (χ4n) is 0.763. The first kappa shape index (κ1) is 15.9. The third-order valence-electron chi connectivity index (χ3n) is 1.28. The average Bonchev–Trinajstić information content (AvgIpc) is 1.83. The van der Waals surface area contributed by atoms with Crippen LogP contribution in [0.5, 0.6) is 0 Å². The van der Waals surface area contributed by atoms with Gasteiger partial charge in [0.1, 0.15) is 0 Å². The minimum Gasteiger partial charge on any atom is -0.394 e. The second-order valence-corrected chi connectivity index (χ2v) is 6.16. The Morgan fingerprint density at radius 1 is 0.846 bits per heavy atom. The first-order valence-corrected chi connectivity index (χ1v) is 6.99. The number of hydrogen-bond donors (Lipinski definition) is 1. The molecule has 0 aromatic heterocycles. The van der Waals surface area contributed by atoms with Gasteiger partial charge in [-0.2, -0.15) is 0 Å². The topological polar surface area (TPSA) is 20.2 Å². The zero-order valence-electron chi connectivity index (χ0n) is 10.2. The van der Waals surface area contributed by atoms with Crippen molar-refractivity contribution in [3.05, 3.63) is 0 Å². The fourth-order valence-corrected chi connectivity index (χ4v) is 2.29. The van der Waals surface area contributed by atoms with Gasteiger partial charge in [-0.25, -0.2) is 0 Å². The molecule has 0 heterocycles. The second-order valence-electron chi connectivity index (χ2n) is 4.64. The van der Waals surface area contributed by atoms with Gasteiger partial charge in [0.25, 0.3) is 0 Å². The maximum absolute atomic E-state index is 8.06. The molecule has 0 fully saturated rings. The first-order valence-electron chi connectivity index (χ1n) is 5.36. The molecule has 1 radical (unpaired) electrons. The zero-order chi connectivity index (χ0) is 10.9. The Labute approximate surface area is 90.6 Å². The highest BCUT2D eigenvalue weighted by Gasteiger charge is 1.98. The Morgan fingerprint density at radius 2 is 1.08 bits per heavy atom. The number of hydrogen-bond acceptors (Lipinski definition) is 1. The molecular formula is C11H26AlO. The van der Waals surface area contributed by atoms with E-state index in [0.717, 1.165) is 27.1 Å². The minimum absolute atomic E-state index is 0.167. The van der Waals surface area contributed by atoms with Crippen molar-refractivity contribution >= 4 is 15.2 Å². The summed E-state index contributed by atoms with van der Waals surface area (Å²) in [6.45, 7) is 12.7. The molecule has 0 aliphatic heterocycles. The van der Waals surface area contributed by atoms with Crippen LogP contribution in [0.3, 0.4) is 0 Å². The molecule has 0 aliphatic carbocycles. The van der Waals surface area contributed by atoms with Crippen LogP contribution < -0.4 is 0 Å². The summed E-state index contributed by atoms with van der Waals surface area (Å²) in [5.74, 6) is 1.86. The molecule has 0 aliphatic rings. The highest BCUT2D eigenvalue weighted by Crippen LogP contribution is 2.05. The maximum atomic E-state index is 8.06. The van der Waals surface area contributed by atoms with Gasteiger partial charge >= 0.3 is 0 Å². The zero-order valence-corrected chi connectivity index (χ0v) is 11.3. The van der Waals surface area contributed by atoms with Crippen molar-refractivity contribution in [2.75, 3.05) is 0 Å². The van der Waals surface area contributed by atoms with Crippen LogP contribution in [0.15, 0.2) is 0 Å². The molecule has 0 bridgehead atoms. The van der Waals surface area contributed by atoms with Gasteiger partial charge in [0.15, 0.2) is 0 Å². The lowest BCUT2D eigenvalue weighted by Crippen LogP contribution is -1.99. The van der Waals surface area contributed by atoms with Crippen molar-refractivity contribution in [2.24, 2.45) is 11.8 Å². The predicted molar refractivity (Wildman–Crippen MR) is 62.4 cm³/mol. The van der Waals surface area contributed by atoms with E-state index in [9.17, 15) is 0 Å². The molecule has 0 aromatic rings. The minimum atomic E-state index is -0.167. The lowest BCUT2D eigenvalue weighted by atomic mass is 10.3. The molecule has 2 heteroatoms. The van der Waals surface area contributed by atoms with E-state index in [4.69, 9.17) is 5.11 Å². The summed E-state index contributed by atoms with van der Waals surface area (Å²) in [7, 11) is 0. The van der Waals surface area contributed by atoms with Crippen molar-refractivity contribution in [3.8, 4) is 0 Å². The summed E-state index contributed by atoms with van der Waals surface area (Å²) in [4.78, 5) is 0. The molecule has 0 amide bonds. The molecule has 0 spiro atoms. The predicted octanol–water partition coefficient (Wildman–Crippen LogP) is 3.23. The van der Waals surface area contributed by atoms with Gasteiger partial charge in [-0.15, -0.1) is 10.6 Å². The van der Waals surface area contributed by atoms with Crippen molar-refractivity contribution < 1.29 is 5.11 Å². The summed E-state index contributed by atoms with van der Waals surface area (Å²) in [5.41, 5.74) is 0. The number of rotatable bonds is 4. The summed E-state index contributed by atoms with van der Waals surface area (Å²) >= 11 is 0.755. The quantitative estimate of drug-likeness (QED) is 0.692. The van der Waals surface area contributed by atoms with Crippen LogP contribution >= 0.6 is 0 Å². The Kier molecular flexibility index (Phi) is 13.0. The monoisotopic (exact) mass is 201 g/mol. The van der Waals surface area contributed by atoms with Crippen LogP contribution in [-0.2, 0) is 0 Å². The molecule has 0 atom stereocenters. The van der Waals surface area contributed by atoms with Crippen molar-refractivity contribution in [3.63, 3.8) is 0 Å². The molecule has 0 unspecified atom stereocenters. The lowest BCUT2D eigenvalue weighted by molar-refractivity contribution is 0.216. The summed E-state index contributed by atoms with van der Waals surface area (Å²) in [6.07, 6.45) is -0.167. The SMILES string of the molecule is CC(C)O.CC(C)[CH2][Al][CH2]C(C)C. The summed E-state index contributed by atoms with van der Waals surface area (Å²) in [5, 5.41) is 11.0. The van der Waals surface area contributed by atoms with Crippen molar-refractivity contribution in [1.82, 2.24) is 0 Å². The lowest BCUT2D eigenvalue weighted by Gasteiger charge is -2.03. The fraction of sp³-hybridized carbons (Fsp3) is 1.00. The standard InChI is InChI=1S/2C4H9.C3H8O.Al/c2*1-4(2)3;1-3(2)4;/h2*4H,1H2,2-3H3;3-4H,1-2H3;. The van der Waals surface area contributed by atoms with E-state index in [1.54, 1.807) is 13.8 Å². The van der Waals surface area contributed by atoms with E-state index in [1.807, 2.05) is 0 Å². The molecule has 1 N–H and O–H groups in total. The van der Waals surface area contributed by atoms with E-state index in [2.05, 4.69) is 27.7 Å². The molecular weight excluding hydrogens is 175 g/mol. The van der Waals surface area contributed by atoms with Gasteiger partial charge in [0.05, 0.1) is 0 Å². The third kappa shape index (κ3) is 32.6. The van der Waals surface area contributed by atoms with Gasteiger partial charge in [0, 0.05) is 6.10 Å². The largest absolute Gasteiger partial charge is 0.394 e. The third-order valence-corrected chi connectivity index (χ3v) is 3.83. The summed E-state index contributed by atoms with van der Waals surface area (Å²) < 4.78 is 0. The highest BCUT2D eigenvalue weighted by molar-refractivity contribution is 6.35. The molecule has 0 saturated heterocycles. The van der Waals surface area contributed by atoms with Crippen LogP contribution in [0.1, 0.15) is 41.5 Å². The van der Waals surface area contributed by atoms with E-state index >= 15 is 0 Å². The Balaban J connectivity index is 0. The van der Waals surface area contributed by atoms with E-state index in [-0.39, 0.29) is 6.10 Å². The Bertz CT molecular complexity index is 79.3. The first-order chi connectivity index (χ1) is 5.86. The normalized spacial score (nSPS) is 10.3. The van der Waals surface area contributed by atoms with Crippen molar-refractivity contribution in [2.45, 2.75) is 58.2 Å². The van der Waals surface area contributed by atoms with Crippen LogP contribution in [0.25, 0.3) is 0 Å². The highest BCUT2D eigenvalue weighted by atomic mass is 27.1. The smallest absolute Gasteiger partial charge is 0.200 e. The van der Waals surface area contributed by atoms with Gasteiger partial charge < -0.3 is 5.11 Å². The van der Waals surface area contributed by atoms with Crippen molar-refractivity contribution in [1.29, 1.82) is 0 Å². The van der Waals surface area contributed by atoms with Gasteiger partial charge in [-0.3, -0.25) is 0 Å². The molecule has 1 nitrogen and oxygen atoms in total. The van der Waals surface area contributed by atoms with E-state index < -0.39 is 0 Å². The molecule has 0 rings (SSSR count). The van der Waals surface area contributed by atoms with Crippen LogP contribution in [-0.4, -0.2) is 26.4 Å². The molecule has 0 aromatic carbocycles. The van der Waals surface area contributed by atoms with E-state index in [0.29, 0.717) is 0 Å². The molecule has 79 valence electrons. The van der Waals surface area contributed by atoms with Gasteiger partial charge in [0.2, 0.25) is 15.2 Å². The van der Waals surface area contributed by atoms with Crippen LogP contribution in [0, 0.1) is 11.8 Å². The Hall–Kier alpha value is 0.492. The average molecular weight is 201 g/mol. The van der Waals surface area contributed by atoms with Crippen LogP contribution in [0.4, 0.5) is 0 Å². The maximum Gasteiger partial charge on any atom is 0.200 e. The van der Waals surface area contributed by atoms with Gasteiger partial charge in [-0.05, 0) is 13.8 Å². The second kappa shape index (κ2) is 10.6. The number of aliphatic hydroxyl groups is 1. The molecule has 0 saturated carbocycles.